The van der Waals surface area contributed by atoms with Gasteiger partial charge >= 0.3 is 0 Å². The van der Waals surface area contributed by atoms with Gasteiger partial charge in [-0.3, -0.25) is 4.79 Å². The predicted molar refractivity (Wildman–Crippen MR) is 70.7 cm³/mol. The lowest BCUT2D eigenvalue weighted by Gasteiger charge is -2.05. The van der Waals surface area contributed by atoms with E-state index >= 15 is 0 Å². The van der Waals surface area contributed by atoms with E-state index in [0.29, 0.717) is 36.2 Å². The van der Waals surface area contributed by atoms with Crippen LogP contribution in [0.4, 0.5) is 0 Å². The van der Waals surface area contributed by atoms with E-state index in [0.717, 1.165) is 5.56 Å². The number of nitrogens with zero attached hydrogens (tertiary/aromatic N) is 2. The highest BCUT2D eigenvalue weighted by Gasteiger charge is 2.07. The Labute approximate surface area is 116 Å². The zero-order valence-electron chi connectivity index (χ0n) is 10.5. The molecule has 6 heteroatoms. The van der Waals surface area contributed by atoms with E-state index in [2.05, 4.69) is 15.5 Å². The predicted octanol–water partition coefficient (Wildman–Crippen LogP) is 2.28. The molecular weight excluding hydrogens is 266 g/mol. The minimum absolute atomic E-state index is 0.0734. The summed E-state index contributed by atoms with van der Waals surface area (Å²) in [6, 6.07) is 7.41. The molecule has 100 valence electrons. The molecule has 5 nitrogen and oxygen atoms in total. The minimum Gasteiger partial charge on any atom is -0.426 e. The van der Waals surface area contributed by atoms with Crippen molar-refractivity contribution in [1.29, 1.82) is 0 Å². The van der Waals surface area contributed by atoms with Gasteiger partial charge in [0.2, 0.25) is 17.7 Å². The number of aromatic nitrogens is 2. The van der Waals surface area contributed by atoms with Gasteiger partial charge in [0.15, 0.2) is 0 Å². The summed E-state index contributed by atoms with van der Waals surface area (Å²) in [5.74, 6) is 0.910. The average molecular weight is 280 g/mol. The van der Waals surface area contributed by atoms with Gasteiger partial charge in [-0.05, 0) is 11.6 Å². The van der Waals surface area contributed by atoms with E-state index in [-0.39, 0.29) is 5.91 Å². The number of benzene rings is 1. The molecule has 2 aromatic rings. The number of hydrogen-bond donors (Lipinski definition) is 1. The standard InChI is InChI=1S/C13H14ClN3O2/c1-9-16-17-13(19-9)7-6-12(18)15-8-10-4-2-3-5-11(10)14/h2-5H,6-8H2,1H3,(H,15,18). The van der Waals surface area contributed by atoms with E-state index < -0.39 is 0 Å². The summed E-state index contributed by atoms with van der Waals surface area (Å²) < 4.78 is 5.19. The second kappa shape index (κ2) is 6.33. The number of aryl methyl sites for hydroxylation is 2. The summed E-state index contributed by atoms with van der Waals surface area (Å²) in [4.78, 5) is 11.7. The SMILES string of the molecule is Cc1nnc(CCC(=O)NCc2ccccc2Cl)o1. The van der Waals surface area contributed by atoms with Crippen molar-refractivity contribution in [2.75, 3.05) is 0 Å². The monoisotopic (exact) mass is 279 g/mol. The number of amides is 1. The van der Waals surface area contributed by atoms with Crippen LogP contribution in [0.3, 0.4) is 0 Å². The fourth-order valence-electron chi connectivity index (χ4n) is 1.58. The van der Waals surface area contributed by atoms with Gasteiger partial charge < -0.3 is 9.73 Å². The Hall–Kier alpha value is -1.88. The van der Waals surface area contributed by atoms with Crippen molar-refractivity contribution in [1.82, 2.24) is 15.5 Å². The molecule has 0 radical (unpaired) electrons. The Morgan fingerprint density at radius 1 is 1.37 bits per heavy atom. The quantitative estimate of drug-likeness (QED) is 0.912. The van der Waals surface area contributed by atoms with Crippen LogP contribution in [0.5, 0.6) is 0 Å². The van der Waals surface area contributed by atoms with E-state index in [4.69, 9.17) is 16.0 Å². The lowest BCUT2D eigenvalue weighted by Crippen LogP contribution is -2.23. The number of hydrogen-bond acceptors (Lipinski definition) is 4. The Morgan fingerprint density at radius 2 is 2.16 bits per heavy atom. The molecule has 0 fully saturated rings. The molecule has 0 bridgehead atoms. The summed E-state index contributed by atoms with van der Waals surface area (Å²) in [6.45, 7) is 2.13. The van der Waals surface area contributed by atoms with Crippen LogP contribution in [-0.4, -0.2) is 16.1 Å². The van der Waals surface area contributed by atoms with Gasteiger partial charge in [-0.25, -0.2) is 0 Å². The molecule has 1 aromatic heterocycles. The van der Waals surface area contributed by atoms with Gasteiger partial charge in [0.25, 0.3) is 0 Å². The third-order valence-corrected chi connectivity index (χ3v) is 2.94. The van der Waals surface area contributed by atoms with Gasteiger partial charge in [-0.1, -0.05) is 29.8 Å². The molecule has 0 aliphatic rings. The smallest absolute Gasteiger partial charge is 0.220 e. The Bertz CT molecular complexity index is 569. The normalized spacial score (nSPS) is 10.4. The van der Waals surface area contributed by atoms with Crippen LogP contribution >= 0.6 is 11.6 Å². The van der Waals surface area contributed by atoms with E-state index in [1.165, 1.54) is 0 Å². The number of carbonyl (C=O) groups is 1. The fraction of sp³-hybridized carbons (Fsp3) is 0.308. The third-order valence-electron chi connectivity index (χ3n) is 2.57. The van der Waals surface area contributed by atoms with Crippen molar-refractivity contribution in [2.45, 2.75) is 26.3 Å². The third kappa shape index (κ3) is 4.06. The van der Waals surface area contributed by atoms with Crippen LogP contribution in [0, 0.1) is 6.92 Å². The van der Waals surface area contributed by atoms with Crippen molar-refractivity contribution >= 4 is 17.5 Å². The largest absolute Gasteiger partial charge is 0.426 e. The second-order valence-electron chi connectivity index (χ2n) is 4.08. The lowest BCUT2D eigenvalue weighted by atomic mass is 10.2. The number of rotatable bonds is 5. The first-order valence-corrected chi connectivity index (χ1v) is 6.32. The highest BCUT2D eigenvalue weighted by Crippen LogP contribution is 2.14. The fourth-order valence-corrected chi connectivity index (χ4v) is 1.79. The summed E-state index contributed by atoms with van der Waals surface area (Å²) in [5, 5.41) is 11.0. The second-order valence-corrected chi connectivity index (χ2v) is 4.49. The summed E-state index contributed by atoms with van der Waals surface area (Å²) in [5.41, 5.74) is 0.895. The summed E-state index contributed by atoms with van der Waals surface area (Å²) >= 11 is 6.00. The number of nitrogens with one attached hydrogen (secondary N) is 1. The molecule has 2 rings (SSSR count). The molecule has 1 N–H and O–H groups in total. The molecule has 19 heavy (non-hydrogen) atoms. The molecule has 1 aromatic carbocycles. The molecule has 0 aliphatic carbocycles. The van der Waals surface area contributed by atoms with Crippen LogP contribution in [0.2, 0.25) is 5.02 Å². The molecule has 0 atom stereocenters. The van der Waals surface area contributed by atoms with E-state index in [9.17, 15) is 4.79 Å². The van der Waals surface area contributed by atoms with Crippen molar-refractivity contribution < 1.29 is 9.21 Å². The van der Waals surface area contributed by atoms with E-state index in [1.807, 2.05) is 18.2 Å². The topological polar surface area (TPSA) is 68.0 Å². The van der Waals surface area contributed by atoms with E-state index in [1.54, 1.807) is 13.0 Å². The molecule has 0 saturated carbocycles. The molecule has 0 spiro atoms. The Balaban J connectivity index is 1.77. The van der Waals surface area contributed by atoms with Gasteiger partial charge in [0.1, 0.15) is 0 Å². The highest BCUT2D eigenvalue weighted by molar-refractivity contribution is 6.31. The maximum Gasteiger partial charge on any atom is 0.220 e. The summed E-state index contributed by atoms with van der Waals surface area (Å²) in [6.07, 6.45) is 0.751. The molecule has 0 aliphatic heterocycles. The highest BCUT2D eigenvalue weighted by atomic mass is 35.5. The van der Waals surface area contributed by atoms with Crippen LogP contribution in [-0.2, 0) is 17.8 Å². The molecule has 1 amide bonds. The van der Waals surface area contributed by atoms with Crippen LogP contribution in [0.15, 0.2) is 28.7 Å². The summed E-state index contributed by atoms with van der Waals surface area (Å²) in [7, 11) is 0. The van der Waals surface area contributed by atoms with Gasteiger partial charge in [0, 0.05) is 31.3 Å². The Kier molecular flexibility index (Phi) is 4.52. The molecular formula is C13H14ClN3O2. The zero-order chi connectivity index (χ0) is 13.7. The maximum atomic E-state index is 11.7. The first-order chi connectivity index (χ1) is 9.15. The van der Waals surface area contributed by atoms with Crippen LogP contribution < -0.4 is 5.32 Å². The Morgan fingerprint density at radius 3 is 2.84 bits per heavy atom. The minimum atomic E-state index is -0.0734. The average Bonchev–Trinajstić information content (AvgIpc) is 2.81. The molecule has 0 saturated heterocycles. The number of halogens is 1. The zero-order valence-corrected chi connectivity index (χ0v) is 11.3. The molecule has 0 unspecified atom stereocenters. The van der Waals surface area contributed by atoms with Gasteiger partial charge in [-0.2, -0.15) is 0 Å². The number of carbonyl (C=O) groups excluding carboxylic acids is 1. The van der Waals surface area contributed by atoms with Crippen LogP contribution in [0.1, 0.15) is 23.8 Å². The first-order valence-electron chi connectivity index (χ1n) is 5.94. The molecule has 1 heterocycles. The van der Waals surface area contributed by atoms with Crippen LogP contribution in [0.25, 0.3) is 0 Å². The van der Waals surface area contributed by atoms with Crippen molar-refractivity contribution in [3.63, 3.8) is 0 Å². The van der Waals surface area contributed by atoms with Crippen molar-refractivity contribution in [3.8, 4) is 0 Å². The van der Waals surface area contributed by atoms with Crippen molar-refractivity contribution in [3.05, 3.63) is 46.6 Å². The van der Waals surface area contributed by atoms with Gasteiger partial charge in [0.05, 0.1) is 0 Å². The first kappa shape index (κ1) is 13.5. The lowest BCUT2D eigenvalue weighted by molar-refractivity contribution is -0.121. The van der Waals surface area contributed by atoms with Crippen molar-refractivity contribution in [2.24, 2.45) is 0 Å². The maximum absolute atomic E-state index is 11.7. The van der Waals surface area contributed by atoms with Gasteiger partial charge in [-0.15, -0.1) is 10.2 Å².